The molecule has 2 unspecified atom stereocenters. The lowest BCUT2D eigenvalue weighted by Crippen LogP contribution is -2.62. The van der Waals surface area contributed by atoms with Crippen LogP contribution in [-0.4, -0.2) is 128 Å². The number of amides is 4. The van der Waals surface area contributed by atoms with Crippen LogP contribution in [-0.2, 0) is 16.1 Å². The summed E-state index contributed by atoms with van der Waals surface area (Å²) in [7, 11) is 0. The third kappa shape index (κ3) is 11.7. The van der Waals surface area contributed by atoms with Gasteiger partial charge in [-0.1, -0.05) is 75.4 Å². The number of aryl methyl sites for hydroxylation is 1. The van der Waals surface area contributed by atoms with Crippen LogP contribution in [0.25, 0.3) is 33.1 Å². The molecule has 4 amide bonds. The molecule has 4 fully saturated rings. The smallest absolute Gasteiger partial charge is 0.290 e. The van der Waals surface area contributed by atoms with E-state index in [-0.39, 0.29) is 29.2 Å². The molecule has 16 nitrogen and oxygen atoms in total. The van der Waals surface area contributed by atoms with E-state index in [1.807, 2.05) is 60.0 Å². The summed E-state index contributed by atoms with van der Waals surface area (Å²) in [4.78, 5) is 64.2. The van der Waals surface area contributed by atoms with Crippen LogP contribution in [0.3, 0.4) is 0 Å². The minimum atomic E-state index is 0.0249. The second kappa shape index (κ2) is 23.8. The molecule has 7 heterocycles. The number of nitrogens with two attached hydrogens (primary N) is 1. The van der Waals surface area contributed by atoms with Crippen molar-refractivity contribution < 1.29 is 28.0 Å². The number of likely N-dealkylation sites (tertiary alicyclic amines) is 2. The van der Waals surface area contributed by atoms with Crippen molar-refractivity contribution in [3.63, 3.8) is 0 Å². The van der Waals surface area contributed by atoms with E-state index in [9.17, 15) is 19.2 Å². The van der Waals surface area contributed by atoms with Crippen molar-refractivity contribution in [2.75, 3.05) is 45.8 Å². The first kappa shape index (κ1) is 51.1. The maximum absolute atomic E-state index is 13.4. The van der Waals surface area contributed by atoms with Crippen molar-refractivity contribution >= 4 is 69.1 Å². The van der Waals surface area contributed by atoms with Gasteiger partial charge in [-0.25, -0.2) is 0 Å². The molecule has 11 rings (SSSR count). The van der Waals surface area contributed by atoms with Gasteiger partial charge in [0.15, 0.2) is 11.5 Å². The lowest BCUT2D eigenvalue weighted by Gasteiger charge is -2.54. The molecule has 0 bridgehead atoms. The second-order valence-electron chi connectivity index (χ2n) is 20.2. The van der Waals surface area contributed by atoms with Crippen molar-refractivity contribution in [3.8, 4) is 0 Å². The Bertz CT molecular complexity index is 2850. The van der Waals surface area contributed by atoms with Crippen LogP contribution in [0.15, 0.2) is 92.0 Å². The van der Waals surface area contributed by atoms with Crippen LogP contribution in [0.1, 0.15) is 149 Å². The number of fused-ring (bicyclic) bond motifs is 3. The minimum Gasteiger partial charge on any atom is -0.451 e. The van der Waals surface area contributed by atoms with Crippen LogP contribution in [0.4, 0.5) is 0 Å². The molecule has 4 aliphatic heterocycles. The Hall–Kier alpha value is -6.84. The molecule has 0 radical (unpaired) electrons. The topological polar surface area (TPSA) is 189 Å². The van der Waals surface area contributed by atoms with Gasteiger partial charge >= 0.3 is 0 Å². The molecule has 1 spiro atoms. The first-order chi connectivity index (χ1) is 35.7. The number of aromatic nitrogens is 3. The standard InChI is InChI=1S/C28H35N5O3.C27H31N5O3.C2H6/c29-31-14-13-30-12-11-27(34)32-15-3-7-22(19-32)21-9-10-25-23(17-21)18-26(36-25)28(35)33-16-4-6-20-5-1-2-8-24(20)33;33-25(8-14-31-16-12-28-29-31)30-13-4-5-21(19-30)20-6-7-23-22(17-20)18-24(35-23)26(34)32-15-11-27(32)9-2-1-3-10-27;1-2/h7,9-10,13-14,17-18,20,24H,1-6,8,11-12,15-16,19,29H2;5-7,12,16-18H,1-4,8-11,13-15,19H2;1-2H3/b30-13?,31-14-;;. The average molecular weight is 993 g/mol. The molecular formula is C57H72N10O6. The zero-order valence-corrected chi connectivity index (χ0v) is 42.8. The molecule has 2 aromatic carbocycles. The summed E-state index contributed by atoms with van der Waals surface area (Å²) in [6.07, 6.45) is 27.3. The number of rotatable bonds is 11. The molecule has 2 saturated heterocycles. The van der Waals surface area contributed by atoms with Gasteiger partial charge < -0.3 is 34.3 Å². The van der Waals surface area contributed by atoms with Gasteiger partial charge in [0, 0.05) is 93.4 Å². The van der Waals surface area contributed by atoms with Gasteiger partial charge in [-0.3, -0.25) is 28.9 Å². The Labute approximate surface area is 428 Å². The van der Waals surface area contributed by atoms with Crippen LogP contribution in [0, 0.1) is 5.92 Å². The van der Waals surface area contributed by atoms with E-state index in [2.05, 4.69) is 54.5 Å². The van der Waals surface area contributed by atoms with E-state index in [1.165, 1.54) is 57.4 Å². The molecule has 73 heavy (non-hydrogen) atoms. The van der Waals surface area contributed by atoms with E-state index in [4.69, 9.17) is 14.7 Å². The summed E-state index contributed by atoms with van der Waals surface area (Å²) < 4.78 is 13.7. The quantitative estimate of drug-likeness (QED) is 0.0763. The fourth-order valence-electron chi connectivity index (χ4n) is 12.0. The molecule has 16 heteroatoms. The number of hydrazone groups is 1. The molecular weight excluding hydrogens is 921 g/mol. The molecule has 2 N–H and O–H groups in total. The van der Waals surface area contributed by atoms with Crippen molar-refractivity contribution in [3.05, 3.63) is 95.7 Å². The molecule has 2 atom stereocenters. The Morgan fingerprint density at radius 1 is 0.712 bits per heavy atom. The number of aliphatic imine (C=N–C) groups is 1. The highest BCUT2D eigenvalue weighted by Crippen LogP contribution is 2.44. The van der Waals surface area contributed by atoms with Gasteiger partial charge in [-0.05, 0) is 122 Å². The molecule has 3 aromatic heterocycles. The van der Waals surface area contributed by atoms with E-state index in [1.54, 1.807) is 17.1 Å². The van der Waals surface area contributed by atoms with Crippen LogP contribution < -0.4 is 5.84 Å². The van der Waals surface area contributed by atoms with Gasteiger partial charge in [0.1, 0.15) is 11.2 Å². The Morgan fingerprint density at radius 3 is 1.96 bits per heavy atom. The van der Waals surface area contributed by atoms with E-state index < -0.39 is 0 Å². The SMILES string of the molecule is CC.N/N=C\C=NCCC(=O)N1CCC=C(c2ccc3oc(C(=O)N4CCCC5CCCCC54)cc3c2)C1.O=C(CCn1ccnn1)N1CCC=C(c2ccc3oc(C(=O)N4CCC45CCCCC5)cc3c2)C1. The number of hydrogen-bond donors (Lipinski definition) is 1. The predicted molar refractivity (Wildman–Crippen MR) is 285 cm³/mol. The van der Waals surface area contributed by atoms with Gasteiger partial charge in [0.05, 0.1) is 19.0 Å². The maximum atomic E-state index is 13.4. The maximum Gasteiger partial charge on any atom is 0.290 e. The van der Waals surface area contributed by atoms with Crippen molar-refractivity contribution in [2.24, 2.45) is 21.9 Å². The number of nitrogens with zero attached hydrogens (tertiary/aromatic N) is 9. The van der Waals surface area contributed by atoms with Crippen molar-refractivity contribution in [1.29, 1.82) is 0 Å². The lowest BCUT2D eigenvalue weighted by atomic mass is 9.72. The van der Waals surface area contributed by atoms with Gasteiger partial charge in [-0.15, -0.1) is 5.10 Å². The summed E-state index contributed by atoms with van der Waals surface area (Å²) >= 11 is 0. The fraction of sp³-hybridized carbons (Fsp3) is 0.509. The molecule has 5 aromatic rings. The van der Waals surface area contributed by atoms with Crippen LogP contribution in [0.2, 0.25) is 0 Å². The predicted octanol–water partition coefficient (Wildman–Crippen LogP) is 9.55. The highest BCUT2D eigenvalue weighted by Gasteiger charge is 2.48. The lowest BCUT2D eigenvalue weighted by molar-refractivity contribution is -0.131. The molecule has 2 saturated carbocycles. The zero-order chi connectivity index (χ0) is 50.7. The Morgan fingerprint density at radius 2 is 1.34 bits per heavy atom. The fourth-order valence-corrected chi connectivity index (χ4v) is 12.0. The second-order valence-corrected chi connectivity index (χ2v) is 20.2. The van der Waals surface area contributed by atoms with E-state index in [0.29, 0.717) is 69.0 Å². The Balaban J connectivity index is 0.000000174. The van der Waals surface area contributed by atoms with Crippen LogP contribution >= 0.6 is 0 Å². The Kier molecular flexibility index (Phi) is 16.7. The summed E-state index contributed by atoms with van der Waals surface area (Å²) in [5, 5.41) is 12.9. The summed E-state index contributed by atoms with van der Waals surface area (Å²) in [5.74, 6) is 6.80. The van der Waals surface area contributed by atoms with Crippen molar-refractivity contribution in [1.82, 2.24) is 34.6 Å². The average Bonchev–Trinajstić information content (AvgIpc) is 4.23. The molecule has 386 valence electrons. The number of piperidine rings is 1. The van der Waals surface area contributed by atoms with Gasteiger partial charge in [0.2, 0.25) is 11.8 Å². The number of carbonyl (C=O) groups excluding carboxylic acids is 4. The van der Waals surface area contributed by atoms with Gasteiger partial charge in [-0.2, -0.15) is 5.10 Å². The molecule has 2 aliphatic carbocycles. The summed E-state index contributed by atoms with van der Waals surface area (Å²) in [6, 6.07) is 16.2. The largest absolute Gasteiger partial charge is 0.451 e. The third-order valence-electron chi connectivity index (χ3n) is 15.8. The highest BCUT2D eigenvalue weighted by molar-refractivity contribution is 6.15. The minimum absolute atomic E-state index is 0.0249. The summed E-state index contributed by atoms with van der Waals surface area (Å²) in [6.45, 7) is 9.19. The number of carbonyl (C=O) groups is 4. The highest BCUT2D eigenvalue weighted by atomic mass is 16.4. The molecule has 6 aliphatic rings. The van der Waals surface area contributed by atoms with Crippen LogP contribution in [0.5, 0.6) is 0 Å². The third-order valence-corrected chi connectivity index (χ3v) is 15.8. The van der Waals surface area contributed by atoms with Gasteiger partial charge in [0.25, 0.3) is 11.8 Å². The zero-order valence-electron chi connectivity index (χ0n) is 42.8. The number of benzene rings is 2. The van der Waals surface area contributed by atoms with E-state index >= 15 is 0 Å². The monoisotopic (exact) mass is 993 g/mol. The number of furan rings is 2. The first-order valence-electron chi connectivity index (χ1n) is 27.0. The first-order valence-corrected chi connectivity index (χ1v) is 27.0. The van der Waals surface area contributed by atoms with E-state index in [0.717, 1.165) is 109 Å². The van der Waals surface area contributed by atoms with Crippen molar-refractivity contribution in [2.45, 2.75) is 135 Å². The normalized spacial score (nSPS) is 20.7. The number of hydrogen-bond acceptors (Lipinski definition) is 11. The summed E-state index contributed by atoms with van der Waals surface area (Å²) in [5.41, 5.74) is 5.89.